The fraction of sp³-hybridized carbons (Fsp3) is 0.538. The average Bonchev–Trinajstić information content (AvgIpc) is 2.32. The van der Waals surface area contributed by atoms with E-state index in [1.807, 2.05) is 12.1 Å². The highest BCUT2D eigenvalue weighted by Gasteiger charge is 2.23. The van der Waals surface area contributed by atoms with E-state index in [-0.39, 0.29) is 0 Å². The molecule has 0 aromatic heterocycles. The van der Waals surface area contributed by atoms with Crippen LogP contribution in [0.2, 0.25) is 5.02 Å². The van der Waals surface area contributed by atoms with Crippen LogP contribution in [0.4, 0.5) is 5.69 Å². The zero-order chi connectivity index (χ0) is 12.4. The first-order chi connectivity index (χ1) is 8.08. The van der Waals surface area contributed by atoms with Gasteiger partial charge in [0.15, 0.2) is 0 Å². The molecule has 94 valence electrons. The van der Waals surface area contributed by atoms with E-state index < -0.39 is 0 Å². The van der Waals surface area contributed by atoms with Crippen molar-refractivity contribution in [3.8, 4) is 0 Å². The lowest BCUT2D eigenvalue weighted by molar-refractivity contribution is 0.368. The summed E-state index contributed by atoms with van der Waals surface area (Å²) in [6.07, 6.45) is 0. The second-order valence-electron chi connectivity index (χ2n) is 4.85. The Morgan fingerprint density at radius 1 is 1.47 bits per heavy atom. The van der Waals surface area contributed by atoms with Crippen molar-refractivity contribution in [3.63, 3.8) is 0 Å². The fourth-order valence-corrected chi connectivity index (χ4v) is 2.76. The molecule has 0 aliphatic carbocycles. The van der Waals surface area contributed by atoms with Gasteiger partial charge in [-0.05, 0) is 24.1 Å². The molecule has 1 aromatic carbocycles. The third-order valence-corrected chi connectivity index (χ3v) is 4.07. The van der Waals surface area contributed by atoms with Gasteiger partial charge in [0.05, 0.1) is 10.7 Å². The van der Waals surface area contributed by atoms with Crippen LogP contribution in [-0.2, 0) is 0 Å². The summed E-state index contributed by atoms with van der Waals surface area (Å²) < 4.78 is 1.08. The molecular formula is C13H18BrClN2. The van der Waals surface area contributed by atoms with E-state index in [4.69, 9.17) is 11.6 Å². The van der Waals surface area contributed by atoms with E-state index in [0.717, 1.165) is 34.8 Å². The van der Waals surface area contributed by atoms with Gasteiger partial charge in [-0.15, -0.1) is 0 Å². The van der Waals surface area contributed by atoms with Crippen molar-refractivity contribution in [1.82, 2.24) is 5.32 Å². The quantitative estimate of drug-likeness (QED) is 0.897. The van der Waals surface area contributed by atoms with E-state index >= 15 is 0 Å². The number of hydrogen-bond donors (Lipinski definition) is 1. The van der Waals surface area contributed by atoms with Gasteiger partial charge in [-0.3, -0.25) is 0 Å². The Bertz CT molecular complexity index is 395. The molecule has 0 saturated carbocycles. The highest BCUT2D eigenvalue weighted by atomic mass is 79.9. The average molecular weight is 318 g/mol. The molecule has 1 heterocycles. The van der Waals surface area contributed by atoms with Crippen molar-refractivity contribution in [3.05, 3.63) is 27.7 Å². The summed E-state index contributed by atoms with van der Waals surface area (Å²) in [4.78, 5) is 2.37. The Labute approximate surface area is 116 Å². The lowest BCUT2D eigenvalue weighted by atomic mass is 10.0. The largest absolute Gasteiger partial charge is 0.367 e. The molecule has 1 aliphatic heterocycles. The summed E-state index contributed by atoms with van der Waals surface area (Å²) in [7, 11) is 0. The molecule has 1 aromatic rings. The molecule has 2 nitrogen and oxygen atoms in total. The number of nitrogens with one attached hydrogen (secondary N) is 1. The van der Waals surface area contributed by atoms with E-state index in [0.29, 0.717) is 12.0 Å². The molecule has 1 aliphatic rings. The second kappa shape index (κ2) is 5.59. The highest BCUT2D eigenvalue weighted by molar-refractivity contribution is 9.10. The predicted octanol–water partition coefficient (Wildman–Crippen LogP) is 3.54. The standard InChI is InChI=1S/C13H18BrClN2/c1-9(2)12-8-17(6-5-16-12)13-7-10(14)3-4-11(13)15/h3-4,7,9,12,16H,5-6,8H2,1-2H3. The molecular weight excluding hydrogens is 300 g/mol. The normalized spacial score (nSPS) is 21.0. The fourth-order valence-electron chi connectivity index (χ4n) is 2.17. The zero-order valence-corrected chi connectivity index (χ0v) is 12.6. The van der Waals surface area contributed by atoms with Crippen LogP contribution < -0.4 is 10.2 Å². The minimum atomic E-state index is 0.541. The predicted molar refractivity (Wildman–Crippen MR) is 78.0 cm³/mol. The highest BCUT2D eigenvalue weighted by Crippen LogP contribution is 2.30. The summed E-state index contributed by atoms with van der Waals surface area (Å²) in [5, 5.41) is 4.39. The van der Waals surface area contributed by atoms with Crippen LogP contribution in [0.3, 0.4) is 0 Å². The maximum atomic E-state index is 6.27. The van der Waals surface area contributed by atoms with Crippen molar-refractivity contribution < 1.29 is 0 Å². The molecule has 2 rings (SSSR count). The van der Waals surface area contributed by atoms with Gasteiger partial charge >= 0.3 is 0 Å². The topological polar surface area (TPSA) is 15.3 Å². The maximum absolute atomic E-state index is 6.27. The summed E-state index contributed by atoms with van der Waals surface area (Å²) in [5.74, 6) is 0.642. The summed E-state index contributed by atoms with van der Waals surface area (Å²) in [5.41, 5.74) is 1.13. The van der Waals surface area contributed by atoms with Crippen LogP contribution in [0.25, 0.3) is 0 Å². The molecule has 1 atom stereocenters. The van der Waals surface area contributed by atoms with Crippen molar-refractivity contribution >= 4 is 33.2 Å². The van der Waals surface area contributed by atoms with E-state index in [1.165, 1.54) is 0 Å². The van der Waals surface area contributed by atoms with Crippen LogP contribution in [0.15, 0.2) is 22.7 Å². The van der Waals surface area contributed by atoms with Crippen LogP contribution in [0.5, 0.6) is 0 Å². The number of hydrogen-bond acceptors (Lipinski definition) is 2. The molecule has 1 unspecified atom stereocenters. The van der Waals surface area contributed by atoms with Crippen LogP contribution in [0, 0.1) is 5.92 Å². The van der Waals surface area contributed by atoms with Crippen molar-refractivity contribution in [2.75, 3.05) is 24.5 Å². The van der Waals surface area contributed by atoms with Gasteiger partial charge in [-0.2, -0.15) is 0 Å². The first-order valence-corrected chi connectivity index (χ1v) is 7.18. The number of nitrogens with zero attached hydrogens (tertiary/aromatic N) is 1. The monoisotopic (exact) mass is 316 g/mol. The van der Waals surface area contributed by atoms with Crippen molar-refractivity contribution in [2.24, 2.45) is 5.92 Å². The third kappa shape index (κ3) is 3.15. The van der Waals surface area contributed by atoms with Gasteiger partial charge in [0.1, 0.15) is 0 Å². The van der Waals surface area contributed by atoms with Gasteiger partial charge in [0.2, 0.25) is 0 Å². The molecule has 0 bridgehead atoms. The van der Waals surface area contributed by atoms with Crippen molar-refractivity contribution in [2.45, 2.75) is 19.9 Å². The minimum absolute atomic E-state index is 0.541. The lowest BCUT2D eigenvalue weighted by Crippen LogP contribution is -2.53. The molecule has 0 spiro atoms. The summed E-state index contributed by atoms with van der Waals surface area (Å²) in [6.45, 7) is 7.56. The third-order valence-electron chi connectivity index (χ3n) is 3.26. The van der Waals surface area contributed by atoms with Gasteiger partial charge < -0.3 is 10.2 Å². The number of anilines is 1. The van der Waals surface area contributed by atoms with Crippen LogP contribution in [0.1, 0.15) is 13.8 Å². The summed E-state index contributed by atoms with van der Waals surface area (Å²) >= 11 is 9.78. The smallest absolute Gasteiger partial charge is 0.0640 e. The van der Waals surface area contributed by atoms with E-state index in [2.05, 4.69) is 46.1 Å². The molecule has 17 heavy (non-hydrogen) atoms. The van der Waals surface area contributed by atoms with Gasteiger partial charge in [-0.1, -0.05) is 41.4 Å². The molecule has 0 radical (unpaired) electrons. The van der Waals surface area contributed by atoms with Crippen molar-refractivity contribution in [1.29, 1.82) is 0 Å². The number of benzene rings is 1. The maximum Gasteiger partial charge on any atom is 0.0640 e. The van der Waals surface area contributed by atoms with E-state index in [1.54, 1.807) is 0 Å². The van der Waals surface area contributed by atoms with Crippen LogP contribution >= 0.6 is 27.5 Å². The molecule has 4 heteroatoms. The number of piperazine rings is 1. The Kier molecular flexibility index (Phi) is 4.34. The summed E-state index contributed by atoms with van der Waals surface area (Å²) in [6, 6.07) is 6.57. The molecule has 0 amide bonds. The van der Waals surface area contributed by atoms with Gasteiger partial charge in [0, 0.05) is 30.1 Å². The first-order valence-electron chi connectivity index (χ1n) is 6.01. The van der Waals surface area contributed by atoms with Crippen LogP contribution in [-0.4, -0.2) is 25.7 Å². The Morgan fingerprint density at radius 3 is 2.94 bits per heavy atom. The molecule has 1 fully saturated rings. The molecule has 1 saturated heterocycles. The lowest BCUT2D eigenvalue weighted by Gasteiger charge is -2.37. The van der Waals surface area contributed by atoms with E-state index in [9.17, 15) is 0 Å². The minimum Gasteiger partial charge on any atom is -0.367 e. The Morgan fingerprint density at radius 2 is 2.24 bits per heavy atom. The van der Waals surface area contributed by atoms with Gasteiger partial charge in [-0.25, -0.2) is 0 Å². The zero-order valence-electron chi connectivity index (χ0n) is 10.2. The SMILES string of the molecule is CC(C)C1CN(c2cc(Br)ccc2Cl)CCN1. The molecule has 1 N–H and O–H groups in total. The van der Waals surface area contributed by atoms with Gasteiger partial charge in [0.25, 0.3) is 0 Å². The number of halogens is 2. The Hall–Kier alpha value is -0.250. The second-order valence-corrected chi connectivity index (χ2v) is 6.17. The number of rotatable bonds is 2. The first kappa shape index (κ1) is 13.2. The Balaban J connectivity index is 2.18.